The van der Waals surface area contributed by atoms with Gasteiger partial charge in [-0.25, -0.2) is 4.39 Å². The lowest BCUT2D eigenvalue weighted by atomic mass is 10.1. The van der Waals surface area contributed by atoms with Crippen LogP contribution in [0.4, 0.5) is 10.1 Å². The Morgan fingerprint density at radius 1 is 1.04 bits per heavy atom. The van der Waals surface area contributed by atoms with Gasteiger partial charge in [0.05, 0.1) is 0 Å². The summed E-state index contributed by atoms with van der Waals surface area (Å²) in [6, 6.07) is 12.5. The fraction of sp³-hybridized carbons (Fsp3) is 0.381. The Bertz CT molecular complexity index is 831. The van der Waals surface area contributed by atoms with Crippen molar-refractivity contribution in [2.24, 2.45) is 0 Å². The van der Waals surface area contributed by atoms with E-state index < -0.39 is 10.8 Å². The van der Waals surface area contributed by atoms with Crippen molar-refractivity contribution in [1.82, 2.24) is 4.90 Å². The molecule has 3 rings (SSSR count). The summed E-state index contributed by atoms with van der Waals surface area (Å²) in [4.78, 5) is 16.4. The summed E-state index contributed by atoms with van der Waals surface area (Å²) < 4.78 is 25.5. The SMILES string of the molecule is Cc1ccc(C)c(CS(=O)CC(=O)N2CCN(c3ccc(F)cc3)CC2)c1. The Balaban J connectivity index is 1.51. The minimum Gasteiger partial charge on any atom is -0.368 e. The van der Waals surface area contributed by atoms with E-state index in [9.17, 15) is 13.4 Å². The predicted molar refractivity (Wildman–Crippen MR) is 108 cm³/mol. The quantitative estimate of drug-likeness (QED) is 0.791. The Morgan fingerprint density at radius 2 is 1.70 bits per heavy atom. The first kappa shape index (κ1) is 19.5. The smallest absolute Gasteiger partial charge is 0.235 e. The molecule has 2 aromatic carbocycles. The van der Waals surface area contributed by atoms with Crippen molar-refractivity contribution in [1.29, 1.82) is 0 Å². The molecule has 27 heavy (non-hydrogen) atoms. The van der Waals surface area contributed by atoms with E-state index in [-0.39, 0.29) is 17.5 Å². The fourth-order valence-corrected chi connectivity index (χ4v) is 4.49. The van der Waals surface area contributed by atoms with Gasteiger partial charge in [-0.2, -0.15) is 0 Å². The average Bonchev–Trinajstić information content (AvgIpc) is 2.65. The molecule has 0 N–H and O–H groups in total. The molecule has 1 amide bonds. The van der Waals surface area contributed by atoms with Crippen molar-refractivity contribution in [3.63, 3.8) is 0 Å². The van der Waals surface area contributed by atoms with Crippen LogP contribution in [0.3, 0.4) is 0 Å². The topological polar surface area (TPSA) is 40.6 Å². The van der Waals surface area contributed by atoms with E-state index in [1.54, 1.807) is 17.0 Å². The van der Waals surface area contributed by atoms with Gasteiger partial charge in [-0.3, -0.25) is 9.00 Å². The van der Waals surface area contributed by atoms with Gasteiger partial charge in [0.2, 0.25) is 5.91 Å². The molecule has 4 nitrogen and oxygen atoms in total. The van der Waals surface area contributed by atoms with Gasteiger partial charge in [0.15, 0.2) is 0 Å². The van der Waals surface area contributed by atoms with Gasteiger partial charge >= 0.3 is 0 Å². The fourth-order valence-electron chi connectivity index (χ4n) is 3.28. The highest BCUT2D eigenvalue weighted by atomic mass is 32.2. The van der Waals surface area contributed by atoms with Crippen molar-refractivity contribution < 1.29 is 13.4 Å². The summed E-state index contributed by atoms with van der Waals surface area (Å²) in [6.45, 7) is 6.59. The van der Waals surface area contributed by atoms with Crippen LogP contribution in [0, 0.1) is 19.7 Å². The zero-order valence-corrected chi connectivity index (χ0v) is 16.6. The van der Waals surface area contributed by atoms with Crippen LogP contribution in [-0.2, 0) is 21.3 Å². The molecule has 0 radical (unpaired) electrons. The molecule has 0 saturated carbocycles. The maximum Gasteiger partial charge on any atom is 0.235 e. The van der Waals surface area contributed by atoms with Crippen molar-refractivity contribution in [2.75, 3.05) is 36.8 Å². The molecular weight excluding hydrogens is 363 g/mol. The molecule has 1 fully saturated rings. The average molecular weight is 389 g/mol. The second kappa shape index (κ2) is 8.65. The molecule has 2 aromatic rings. The van der Waals surface area contributed by atoms with E-state index in [1.807, 2.05) is 32.0 Å². The molecule has 1 saturated heterocycles. The molecular formula is C21H25FN2O2S. The van der Waals surface area contributed by atoms with E-state index in [0.717, 1.165) is 22.4 Å². The van der Waals surface area contributed by atoms with Crippen LogP contribution in [0.1, 0.15) is 16.7 Å². The number of halogens is 1. The molecule has 144 valence electrons. The third-order valence-electron chi connectivity index (χ3n) is 4.93. The van der Waals surface area contributed by atoms with Gasteiger partial charge in [-0.1, -0.05) is 23.8 Å². The molecule has 0 aliphatic carbocycles. The van der Waals surface area contributed by atoms with Crippen LogP contribution in [0.15, 0.2) is 42.5 Å². The Hall–Kier alpha value is -2.21. The van der Waals surface area contributed by atoms with E-state index in [4.69, 9.17) is 0 Å². The third-order valence-corrected chi connectivity index (χ3v) is 6.13. The molecule has 6 heteroatoms. The number of aryl methyl sites for hydroxylation is 2. The van der Waals surface area contributed by atoms with Crippen molar-refractivity contribution in [2.45, 2.75) is 19.6 Å². The summed E-state index contributed by atoms with van der Waals surface area (Å²) in [5, 5.41) is 0. The second-order valence-electron chi connectivity index (χ2n) is 7.00. The molecule has 1 heterocycles. The number of carbonyl (C=O) groups excluding carboxylic acids is 1. The van der Waals surface area contributed by atoms with E-state index in [1.165, 1.54) is 12.1 Å². The molecule has 0 spiro atoms. The largest absolute Gasteiger partial charge is 0.368 e. The Kier molecular flexibility index (Phi) is 6.26. The molecule has 1 atom stereocenters. The number of hydrogen-bond donors (Lipinski definition) is 0. The Morgan fingerprint density at radius 3 is 2.37 bits per heavy atom. The monoisotopic (exact) mass is 388 g/mol. The van der Waals surface area contributed by atoms with Crippen LogP contribution < -0.4 is 4.90 Å². The zero-order valence-electron chi connectivity index (χ0n) is 15.8. The van der Waals surface area contributed by atoms with Gasteiger partial charge < -0.3 is 9.80 Å². The number of amides is 1. The number of benzene rings is 2. The van der Waals surface area contributed by atoms with Crippen LogP contribution in [0.25, 0.3) is 0 Å². The third kappa shape index (κ3) is 5.16. The van der Waals surface area contributed by atoms with Gasteiger partial charge in [0, 0.05) is 48.4 Å². The summed E-state index contributed by atoms with van der Waals surface area (Å²) in [5.74, 6) is 0.162. The van der Waals surface area contributed by atoms with Gasteiger partial charge in [-0.05, 0) is 49.2 Å². The number of carbonyl (C=O) groups is 1. The highest BCUT2D eigenvalue weighted by Gasteiger charge is 2.22. The summed E-state index contributed by atoms with van der Waals surface area (Å²) >= 11 is 0. The second-order valence-corrected chi connectivity index (χ2v) is 8.46. The summed E-state index contributed by atoms with van der Waals surface area (Å²) in [5.41, 5.74) is 4.24. The van der Waals surface area contributed by atoms with Crippen LogP contribution in [0.5, 0.6) is 0 Å². The standard InChI is InChI=1S/C21H25FN2O2S/c1-16-3-4-17(2)18(13-16)14-27(26)15-21(25)24-11-9-23(10-12-24)20-7-5-19(22)6-8-20/h3-8,13H,9-12,14-15H2,1-2H3. The zero-order chi connectivity index (χ0) is 19.4. The lowest BCUT2D eigenvalue weighted by Crippen LogP contribution is -2.50. The highest BCUT2D eigenvalue weighted by molar-refractivity contribution is 7.84. The van der Waals surface area contributed by atoms with Gasteiger partial charge in [0.1, 0.15) is 11.6 Å². The number of hydrogen-bond acceptors (Lipinski definition) is 3. The summed E-state index contributed by atoms with van der Waals surface area (Å²) in [7, 11) is -1.22. The molecule has 1 aliphatic heterocycles. The van der Waals surface area contributed by atoms with Crippen LogP contribution in [0.2, 0.25) is 0 Å². The summed E-state index contributed by atoms with van der Waals surface area (Å²) in [6.07, 6.45) is 0. The molecule has 1 unspecified atom stereocenters. The van der Waals surface area contributed by atoms with Crippen molar-refractivity contribution >= 4 is 22.4 Å². The first-order valence-corrected chi connectivity index (χ1v) is 10.6. The molecule has 0 bridgehead atoms. The lowest BCUT2D eigenvalue weighted by molar-refractivity contribution is -0.128. The van der Waals surface area contributed by atoms with Crippen LogP contribution >= 0.6 is 0 Å². The number of nitrogens with zero attached hydrogens (tertiary/aromatic N) is 2. The lowest BCUT2D eigenvalue weighted by Gasteiger charge is -2.36. The first-order valence-electron chi connectivity index (χ1n) is 9.12. The first-order chi connectivity index (χ1) is 12.9. The maximum absolute atomic E-state index is 13.0. The van der Waals surface area contributed by atoms with Gasteiger partial charge in [-0.15, -0.1) is 0 Å². The van der Waals surface area contributed by atoms with E-state index in [2.05, 4.69) is 4.90 Å². The number of piperazine rings is 1. The van der Waals surface area contributed by atoms with Crippen molar-refractivity contribution in [3.8, 4) is 0 Å². The predicted octanol–water partition coefficient (Wildman–Crippen LogP) is 3.04. The maximum atomic E-state index is 13.0. The highest BCUT2D eigenvalue weighted by Crippen LogP contribution is 2.17. The van der Waals surface area contributed by atoms with Gasteiger partial charge in [0.25, 0.3) is 0 Å². The molecule has 0 aromatic heterocycles. The van der Waals surface area contributed by atoms with Crippen LogP contribution in [-0.4, -0.2) is 46.9 Å². The van der Waals surface area contributed by atoms with E-state index in [0.29, 0.717) is 31.9 Å². The number of rotatable bonds is 5. The van der Waals surface area contributed by atoms with Crippen molar-refractivity contribution in [3.05, 3.63) is 65.0 Å². The normalized spacial score (nSPS) is 15.7. The van der Waals surface area contributed by atoms with E-state index >= 15 is 0 Å². The molecule has 1 aliphatic rings. The number of anilines is 1. The minimum atomic E-state index is -1.22. The minimum absolute atomic E-state index is 0.0580. The Labute approximate surface area is 162 Å².